The van der Waals surface area contributed by atoms with Gasteiger partial charge in [0.2, 0.25) is 11.8 Å². The van der Waals surface area contributed by atoms with E-state index in [1.54, 1.807) is 27.7 Å². The molecule has 1 aromatic rings. The number of phenolic OH excluding ortho intramolecular Hbond substituents is 2. The smallest absolute Gasteiger partial charge is 0.227 e. The quantitative estimate of drug-likeness (QED) is 0.377. The second kappa shape index (κ2) is 7.13. The Kier molecular flexibility index (Phi) is 5.73. The van der Waals surface area contributed by atoms with Crippen LogP contribution in [0.2, 0.25) is 0 Å². The average Bonchev–Trinajstić information content (AvgIpc) is 2.42. The van der Waals surface area contributed by atoms with Crippen molar-refractivity contribution in [2.24, 2.45) is 11.8 Å². The highest BCUT2D eigenvalue weighted by atomic mass is 16.3. The van der Waals surface area contributed by atoms with Crippen LogP contribution in [0.5, 0.6) is 11.5 Å². The molecule has 0 aliphatic heterocycles. The summed E-state index contributed by atoms with van der Waals surface area (Å²) < 4.78 is 0. The largest absolute Gasteiger partial charge is 0.507 e. The Bertz CT molecular complexity index is 650. The molecule has 1 rings (SSSR count). The summed E-state index contributed by atoms with van der Waals surface area (Å²) in [7, 11) is 0. The van der Waals surface area contributed by atoms with Gasteiger partial charge in [0.1, 0.15) is 5.75 Å². The van der Waals surface area contributed by atoms with E-state index in [1.165, 1.54) is 6.92 Å². The molecule has 126 valence electrons. The third-order valence-corrected chi connectivity index (χ3v) is 3.19. The number of carbonyl (C=O) groups excluding carboxylic acids is 3. The molecular weight excluding hydrogens is 300 g/mol. The molecule has 0 saturated heterocycles. The molecule has 0 atom stereocenters. The van der Waals surface area contributed by atoms with Crippen LogP contribution in [-0.2, 0) is 9.59 Å². The molecule has 0 bridgehead atoms. The molecule has 23 heavy (non-hydrogen) atoms. The molecule has 7 nitrogen and oxygen atoms in total. The maximum Gasteiger partial charge on any atom is 0.227 e. The molecule has 0 heterocycles. The highest BCUT2D eigenvalue weighted by Crippen LogP contribution is 2.41. The van der Waals surface area contributed by atoms with Crippen molar-refractivity contribution in [3.05, 3.63) is 11.6 Å². The van der Waals surface area contributed by atoms with Gasteiger partial charge in [-0.2, -0.15) is 0 Å². The number of amides is 2. The van der Waals surface area contributed by atoms with Crippen LogP contribution in [0.15, 0.2) is 6.07 Å². The third-order valence-electron chi connectivity index (χ3n) is 3.19. The summed E-state index contributed by atoms with van der Waals surface area (Å²) in [6.45, 7) is 7.81. The minimum atomic E-state index is -0.529. The minimum absolute atomic E-state index is 0.0785. The molecule has 0 spiro atoms. The van der Waals surface area contributed by atoms with Gasteiger partial charge in [0.05, 0.1) is 16.9 Å². The Hall–Kier alpha value is -2.57. The van der Waals surface area contributed by atoms with Crippen LogP contribution in [0.1, 0.15) is 45.0 Å². The van der Waals surface area contributed by atoms with Gasteiger partial charge in [-0.3, -0.25) is 14.4 Å². The van der Waals surface area contributed by atoms with Gasteiger partial charge in [-0.1, -0.05) is 27.7 Å². The summed E-state index contributed by atoms with van der Waals surface area (Å²) in [5.74, 6) is -3.00. The van der Waals surface area contributed by atoms with Gasteiger partial charge in [0.15, 0.2) is 11.5 Å². The Balaban J connectivity index is 3.43. The lowest BCUT2D eigenvalue weighted by molar-refractivity contribution is -0.119. The Morgan fingerprint density at radius 1 is 0.957 bits per heavy atom. The van der Waals surface area contributed by atoms with Crippen LogP contribution in [0, 0.1) is 11.8 Å². The van der Waals surface area contributed by atoms with Crippen LogP contribution < -0.4 is 10.6 Å². The summed E-state index contributed by atoms with van der Waals surface area (Å²) in [6.07, 6.45) is 0. The lowest BCUT2D eigenvalue weighted by atomic mass is 10.0. The molecule has 0 saturated carbocycles. The molecule has 0 unspecified atom stereocenters. The lowest BCUT2D eigenvalue weighted by Gasteiger charge is -2.18. The number of aromatic hydroxyl groups is 2. The number of hydrogen-bond acceptors (Lipinski definition) is 5. The van der Waals surface area contributed by atoms with Gasteiger partial charge in [-0.05, 0) is 6.92 Å². The zero-order valence-electron chi connectivity index (χ0n) is 13.9. The van der Waals surface area contributed by atoms with E-state index in [0.29, 0.717) is 0 Å². The fraction of sp³-hybridized carbons (Fsp3) is 0.438. The first kappa shape index (κ1) is 18.5. The molecule has 7 heteroatoms. The first-order valence-electron chi connectivity index (χ1n) is 7.27. The van der Waals surface area contributed by atoms with Crippen LogP contribution in [0.25, 0.3) is 0 Å². The molecule has 2 amide bonds. The maximum atomic E-state index is 11.9. The van der Waals surface area contributed by atoms with E-state index in [2.05, 4.69) is 10.6 Å². The average molecular weight is 322 g/mol. The number of Topliss-reactive ketones (excluding diaryl/α,β-unsaturated/α-hetero) is 1. The molecule has 4 N–H and O–H groups in total. The summed E-state index contributed by atoms with van der Waals surface area (Å²) in [5, 5.41) is 25.2. The molecule has 0 aromatic heterocycles. The van der Waals surface area contributed by atoms with E-state index in [0.717, 1.165) is 6.07 Å². The Morgan fingerprint density at radius 2 is 1.43 bits per heavy atom. The molecule has 0 aliphatic carbocycles. The summed E-state index contributed by atoms with van der Waals surface area (Å²) in [4.78, 5) is 35.4. The first-order chi connectivity index (χ1) is 10.6. The summed E-state index contributed by atoms with van der Waals surface area (Å²) >= 11 is 0. The monoisotopic (exact) mass is 322 g/mol. The number of phenols is 2. The maximum absolute atomic E-state index is 11.9. The SMILES string of the molecule is CC(=O)c1c(O)cc(NC(=O)C(C)C)c(O)c1NC(=O)C(C)C. The van der Waals surface area contributed by atoms with Crippen molar-refractivity contribution in [3.63, 3.8) is 0 Å². The number of rotatable bonds is 5. The second-order valence-corrected chi connectivity index (χ2v) is 5.89. The van der Waals surface area contributed by atoms with Crippen molar-refractivity contribution < 1.29 is 24.6 Å². The fourth-order valence-corrected chi connectivity index (χ4v) is 1.78. The first-order valence-corrected chi connectivity index (χ1v) is 7.27. The standard InChI is InChI=1S/C16H22N2O5/c1-7(2)15(22)17-10-6-11(20)12(9(5)19)13(14(10)21)18-16(23)8(3)4/h6-8,20-21H,1-5H3,(H,17,22)(H,18,23). The zero-order valence-corrected chi connectivity index (χ0v) is 13.9. The van der Waals surface area contributed by atoms with Gasteiger partial charge in [0, 0.05) is 17.9 Å². The fourth-order valence-electron chi connectivity index (χ4n) is 1.78. The Labute approximate surface area is 134 Å². The number of ketones is 1. The lowest BCUT2D eigenvalue weighted by Crippen LogP contribution is -2.21. The van der Waals surface area contributed by atoms with Gasteiger partial charge < -0.3 is 20.8 Å². The van der Waals surface area contributed by atoms with Crippen molar-refractivity contribution >= 4 is 29.0 Å². The van der Waals surface area contributed by atoms with Gasteiger partial charge in [-0.25, -0.2) is 0 Å². The van der Waals surface area contributed by atoms with E-state index < -0.39 is 29.1 Å². The van der Waals surface area contributed by atoms with E-state index in [1.807, 2.05) is 0 Å². The molecule has 0 fully saturated rings. The van der Waals surface area contributed by atoms with Crippen LogP contribution in [-0.4, -0.2) is 27.8 Å². The molecular formula is C16H22N2O5. The van der Waals surface area contributed by atoms with Crippen LogP contribution >= 0.6 is 0 Å². The van der Waals surface area contributed by atoms with Crippen molar-refractivity contribution in [1.29, 1.82) is 0 Å². The summed E-state index contributed by atoms with van der Waals surface area (Å²) in [6, 6.07) is 1.08. The normalized spacial score (nSPS) is 10.7. The van der Waals surface area contributed by atoms with Gasteiger partial charge >= 0.3 is 0 Å². The van der Waals surface area contributed by atoms with Crippen molar-refractivity contribution in [3.8, 4) is 11.5 Å². The van der Waals surface area contributed by atoms with Crippen molar-refractivity contribution in [2.45, 2.75) is 34.6 Å². The topological polar surface area (TPSA) is 116 Å². The predicted molar refractivity (Wildman–Crippen MR) is 86.7 cm³/mol. The number of benzene rings is 1. The number of nitrogens with one attached hydrogen (secondary N) is 2. The predicted octanol–water partition coefficient (Wildman–Crippen LogP) is 2.49. The van der Waals surface area contributed by atoms with Crippen molar-refractivity contribution in [1.82, 2.24) is 0 Å². The molecule has 1 aromatic carbocycles. The highest BCUT2D eigenvalue weighted by Gasteiger charge is 2.24. The van der Waals surface area contributed by atoms with Crippen LogP contribution in [0.4, 0.5) is 11.4 Å². The molecule has 0 radical (unpaired) electrons. The number of hydrogen-bond donors (Lipinski definition) is 4. The van der Waals surface area contributed by atoms with E-state index >= 15 is 0 Å². The van der Waals surface area contributed by atoms with Crippen molar-refractivity contribution in [2.75, 3.05) is 10.6 Å². The minimum Gasteiger partial charge on any atom is -0.507 e. The van der Waals surface area contributed by atoms with E-state index in [9.17, 15) is 24.6 Å². The second-order valence-electron chi connectivity index (χ2n) is 5.89. The Morgan fingerprint density at radius 3 is 1.87 bits per heavy atom. The van der Waals surface area contributed by atoms with Crippen LogP contribution in [0.3, 0.4) is 0 Å². The summed E-state index contributed by atoms with van der Waals surface area (Å²) in [5.41, 5.74) is -0.500. The van der Waals surface area contributed by atoms with E-state index in [-0.39, 0.29) is 28.8 Å². The zero-order chi connectivity index (χ0) is 17.9. The highest BCUT2D eigenvalue weighted by molar-refractivity contribution is 6.10. The third kappa shape index (κ3) is 4.21. The molecule has 0 aliphatic rings. The van der Waals surface area contributed by atoms with E-state index in [4.69, 9.17) is 0 Å². The van der Waals surface area contributed by atoms with Gasteiger partial charge in [-0.15, -0.1) is 0 Å². The number of carbonyl (C=O) groups is 3. The van der Waals surface area contributed by atoms with Gasteiger partial charge in [0.25, 0.3) is 0 Å². The number of anilines is 2.